The Bertz CT molecular complexity index is 220. The molecule has 1 unspecified atom stereocenters. The van der Waals surface area contributed by atoms with Crippen molar-refractivity contribution in [3.63, 3.8) is 0 Å². The van der Waals surface area contributed by atoms with E-state index < -0.39 is 0 Å². The summed E-state index contributed by atoms with van der Waals surface area (Å²) in [4.78, 5) is 11.3. The second-order valence-electron chi connectivity index (χ2n) is 4.30. The Hall–Kier alpha value is -0.770. The maximum absolute atomic E-state index is 11.3. The minimum atomic E-state index is -0.000278. The van der Waals surface area contributed by atoms with E-state index in [4.69, 9.17) is 6.42 Å². The van der Waals surface area contributed by atoms with Crippen LogP contribution in [0.15, 0.2) is 0 Å². The Morgan fingerprint density at radius 3 is 2.67 bits per heavy atom. The number of carbonyl (C=O) groups is 1. The van der Waals surface area contributed by atoms with Crippen LogP contribution in [0, 0.1) is 23.7 Å². The second kappa shape index (κ2) is 3.31. The van der Waals surface area contributed by atoms with E-state index in [1.165, 1.54) is 6.42 Å². The molecule has 0 saturated heterocycles. The van der Waals surface area contributed by atoms with Gasteiger partial charge in [-0.2, -0.15) is 0 Å². The molecule has 1 nitrogen and oxygen atoms in total. The molecule has 1 atom stereocenters. The van der Waals surface area contributed by atoms with Gasteiger partial charge >= 0.3 is 0 Å². The third kappa shape index (κ3) is 1.69. The lowest BCUT2D eigenvalue weighted by atomic mass is 9.67. The summed E-state index contributed by atoms with van der Waals surface area (Å²) in [7, 11) is 0. The molecule has 12 heavy (non-hydrogen) atoms. The van der Waals surface area contributed by atoms with E-state index in [-0.39, 0.29) is 17.1 Å². The van der Waals surface area contributed by atoms with Crippen molar-refractivity contribution < 1.29 is 4.79 Å². The zero-order valence-electron chi connectivity index (χ0n) is 7.89. The maximum Gasteiger partial charge on any atom is 0.208 e. The molecule has 0 N–H and O–H groups in total. The predicted octanol–water partition coefficient (Wildman–Crippen LogP) is 2.41. The zero-order chi connectivity index (χ0) is 9.19. The van der Waals surface area contributed by atoms with Gasteiger partial charge in [-0.25, -0.2) is 0 Å². The minimum Gasteiger partial charge on any atom is -0.285 e. The number of hydrogen-bond donors (Lipinski definition) is 0. The van der Waals surface area contributed by atoms with Crippen LogP contribution in [0.4, 0.5) is 0 Å². The van der Waals surface area contributed by atoms with Crippen LogP contribution in [0.25, 0.3) is 0 Å². The summed E-state index contributed by atoms with van der Waals surface area (Å²) in [6, 6.07) is 0. The molecular weight excluding hydrogens is 148 g/mol. The van der Waals surface area contributed by atoms with Crippen LogP contribution in [0.2, 0.25) is 0 Å². The highest BCUT2D eigenvalue weighted by Crippen LogP contribution is 2.40. The highest BCUT2D eigenvalue weighted by molar-refractivity contribution is 5.97. The van der Waals surface area contributed by atoms with E-state index in [0.29, 0.717) is 0 Å². The molecule has 0 aromatic rings. The largest absolute Gasteiger partial charge is 0.285 e. The number of rotatable bonds is 1. The molecule has 1 rings (SSSR count). The Morgan fingerprint density at radius 2 is 2.17 bits per heavy atom. The molecule has 1 fully saturated rings. The van der Waals surface area contributed by atoms with Crippen molar-refractivity contribution >= 4 is 5.78 Å². The molecule has 0 spiro atoms. The number of ketones is 1. The molecule has 0 heterocycles. The molecule has 0 radical (unpaired) electrons. The summed E-state index contributed by atoms with van der Waals surface area (Å²) in [5.41, 5.74) is 0.127. The van der Waals surface area contributed by atoms with Gasteiger partial charge in [-0.05, 0) is 24.2 Å². The van der Waals surface area contributed by atoms with Gasteiger partial charge in [0.05, 0.1) is 0 Å². The standard InChI is InChI=1S/C11H16O/c1-4-10(12)9-7-5-6-8-11(9,2)3/h1,9H,5-8H2,2-3H3. The first-order valence-electron chi connectivity index (χ1n) is 4.58. The van der Waals surface area contributed by atoms with Crippen molar-refractivity contribution in [2.24, 2.45) is 11.3 Å². The SMILES string of the molecule is C#CC(=O)C1CCCCC1(C)C. The maximum atomic E-state index is 11.3. The van der Waals surface area contributed by atoms with Crippen LogP contribution in [-0.2, 0) is 4.79 Å². The average Bonchev–Trinajstić information content (AvgIpc) is 2.02. The normalized spacial score (nSPS) is 27.6. The van der Waals surface area contributed by atoms with Gasteiger partial charge in [0.1, 0.15) is 0 Å². The molecule has 0 amide bonds. The lowest BCUT2D eigenvalue weighted by Crippen LogP contribution is -2.33. The van der Waals surface area contributed by atoms with Crippen molar-refractivity contribution in [2.45, 2.75) is 39.5 Å². The Morgan fingerprint density at radius 1 is 1.50 bits per heavy atom. The van der Waals surface area contributed by atoms with Crippen LogP contribution in [0.3, 0.4) is 0 Å². The fourth-order valence-electron chi connectivity index (χ4n) is 2.08. The van der Waals surface area contributed by atoms with Gasteiger partial charge in [0, 0.05) is 5.92 Å². The van der Waals surface area contributed by atoms with Gasteiger partial charge in [-0.1, -0.05) is 26.7 Å². The third-order valence-corrected chi connectivity index (χ3v) is 2.97. The van der Waals surface area contributed by atoms with E-state index in [1.54, 1.807) is 0 Å². The lowest BCUT2D eigenvalue weighted by molar-refractivity contribution is -0.122. The predicted molar refractivity (Wildman–Crippen MR) is 49.6 cm³/mol. The van der Waals surface area contributed by atoms with Crippen molar-refractivity contribution in [3.8, 4) is 12.3 Å². The van der Waals surface area contributed by atoms with Gasteiger partial charge in [0.2, 0.25) is 5.78 Å². The molecule has 1 heteroatoms. The molecule has 1 aliphatic carbocycles. The lowest BCUT2D eigenvalue weighted by Gasteiger charge is -2.36. The highest BCUT2D eigenvalue weighted by atomic mass is 16.1. The minimum absolute atomic E-state index is 0.000278. The van der Waals surface area contributed by atoms with E-state index in [2.05, 4.69) is 19.8 Å². The van der Waals surface area contributed by atoms with Gasteiger partial charge in [0.15, 0.2) is 0 Å². The van der Waals surface area contributed by atoms with Gasteiger partial charge in [-0.15, -0.1) is 6.42 Å². The summed E-state index contributed by atoms with van der Waals surface area (Å²) in [6.45, 7) is 4.29. The number of terminal acetylenes is 1. The van der Waals surface area contributed by atoms with Gasteiger partial charge < -0.3 is 0 Å². The topological polar surface area (TPSA) is 17.1 Å². The van der Waals surface area contributed by atoms with Crippen molar-refractivity contribution in [2.75, 3.05) is 0 Å². The Balaban J connectivity index is 2.74. The Labute approximate surface area is 74.5 Å². The fourth-order valence-corrected chi connectivity index (χ4v) is 2.08. The van der Waals surface area contributed by atoms with Crippen LogP contribution < -0.4 is 0 Å². The highest BCUT2D eigenvalue weighted by Gasteiger charge is 2.35. The molecule has 66 valence electrons. The molecule has 0 aliphatic heterocycles. The summed E-state index contributed by atoms with van der Waals surface area (Å²) in [6.07, 6.45) is 9.63. The summed E-state index contributed by atoms with van der Waals surface area (Å²) >= 11 is 0. The monoisotopic (exact) mass is 164 g/mol. The first-order valence-corrected chi connectivity index (χ1v) is 4.58. The van der Waals surface area contributed by atoms with Crippen molar-refractivity contribution in [1.82, 2.24) is 0 Å². The molecular formula is C11H16O. The van der Waals surface area contributed by atoms with E-state index in [9.17, 15) is 4.79 Å². The number of carbonyl (C=O) groups excluding carboxylic acids is 1. The molecule has 1 aliphatic rings. The summed E-state index contributed by atoms with van der Waals surface area (Å²) in [5.74, 6) is 2.36. The molecule has 0 aromatic carbocycles. The quantitative estimate of drug-likeness (QED) is 0.429. The van der Waals surface area contributed by atoms with Crippen molar-refractivity contribution in [3.05, 3.63) is 0 Å². The molecule has 0 bridgehead atoms. The summed E-state index contributed by atoms with van der Waals surface area (Å²) < 4.78 is 0. The van der Waals surface area contributed by atoms with Gasteiger partial charge in [-0.3, -0.25) is 4.79 Å². The van der Waals surface area contributed by atoms with Crippen molar-refractivity contribution in [1.29, 1.82) is 0 Å². The van der Waals surface area contributed by atoms with Gasteiger partial charge in [0.25, 0.3) is 0 Å². The van der Waals surface area contributed by atoms with Crippen LogP contribution >= 0.6 is 0 Å². The van der Waals surface area contributed by atoms with E-state index in [0.717, 1.165) is 19.3 Å². The fraction of sp³-hybridized carbons (Fsp3) is 0.727. The number of hydrogen-bond acceptors (Lipinski definition) is 1. The average molecular weight is 164 g/mol. The second-order valence-corrected chi connectivity index (χ2v) is 4.30. The van der Waals surface area contributed by atoms with Crippen LogP contribution in [0.1, 0.15) is 39.5 Å². The first-order chi connectivity index (χ1) is 5.58. The molecule has 0 aromatic heterocycles. The Kier molecular flexibility index (Phi) is 2.57. The molecule has 1 saturated carbocycles. The zero-order valence-corrected chi connectivity index (χ0v) is 7.89. The third-order valence-electron chi connectivity index (χ3n) is 2.97. The summed E-state index contributed by atoms with van der Waals surface area (Å²) in [5, 5.41) is 0. The number of Topliss-reactive ketones (excluding diaryl/α,β-unsaturated/α-hetero) is 1. The van der Waals surface area contributed by atoms with E-state index >= 15 is 0 Å². The van der Waals surface area contributed by atoms with Crippen LogP contribution in [-0.4, -0.2) is 5.78 Å². The smallest absolute Gasteiger partial charge is 0.208 e. The van der Waals surface area contributed by atoms with E-state index in [1.807, 2.05) is 0 Å². The van der Waals surface area contributed by atoms with Crippen LogP contribution in [0.5, 0.6) is 0 Å². The first kappa shape index (κ1) is 9.32.